The number of nitrogens with zero attached hydrogens (tertiary/aromatic N) is 1. The molecule has 0 spiro atoms. The summed E-state index contributed by atoms with van der Waals surface area (Å²) in [4.78, 5) is 15.5. The molecule has 170 valence electrons. The van der Waals surface area contributed by atoms with Crippen molar-refractivity contribution in [3.63, 3.8) is 0 Å². The van der Waals surface area contributed by atoms with Crippen LogP contribution >= 0.6 is 23.2 Å². The molecule has 0 saturated carbocycles. The first-order valence-corrected chi connectivity index (χ1v) is 10.8. The van der Waals surface area contributed by atoms with Gasteiger partial charge in [0.25, 0.3) is 10.0 Å². The third kappa shape index (κ3) is 5.96. The number of rotatable bonds is 7. The molecule has 0 atom stereocenters. The largest absolute Gasteiger partial charge is 0.417 e. The van der Waals surface area contributed by atoms with Crippen LogP contribution in [0.25, 0.3) is 0 Å². The Morgan fingerprint density at radius 1 is 1.19 bits per heavy atom. The van der Waals surface area contributed by atoms with Crippen molar-refractivity contribution in [2.24, 2.45) is 4.99 Å². The fourth-order valence-corrected chi connectivity index (χ4v) is 3.91. The average Bonchev–Trinajstić information content (AvgIpc) is 2.67. The number of hydrogen-bond donors (Lipinski definition) is 1. The molecule has 0 radical (unpaired) electrons. The zero-order valence-corrected chi connectivity index (χ0v) is 18.5. The van der Waals surface area contributed by atoms with Crippen molar-refractivity contribution in [1.29, 1.82) is 0 Å². The van der Waals surface area contributed by atoms with Crippen LogP contribution in [0.1, 0.15) is 22.8 Å². The highest BCUT2D eigenvalue weighted by Crippen LogP contribution is 2.36. The van der Waals surface area contributed by atoms with Crippen LogP contribution < -0.4 is 4.72 Å². The van der Waals surface area contributed by atoms with E-state index in [-0.39, 0.29) is 5.03 Å². The molecule has 0 amide bonds. The SMILES string of the molecule is C=N/C(C(=O)c1ccccc1F)=C(\C=C(/C)Cl)NS(=O)(=O)c1ccc(Cl)c(C(F)(F)F)c1. The highest BCUT2D eigenvalue weighted by molar-refractivity contribution is 7.89. The number of aliphatic imine (C=N–C) groups is 1. The van der Waals surface area contributed by atoms with E-state index in [0.29, 0.717) is 6.07 Å². The molecule has 0 unspecified atom stereocenters. The topological polar surface area (TPSA) is 75.6 Å². The minimum atomic E-state index is -4.91. The van der Waals surface area contributed by atoms with E-state index in [1.165, 1.54) is 19.1 Å². The predicted molar refractivity (Wildman–Crippen MR) is 114 cm³/mol. The van der Waals surface area contributed by atoms with Crippen LogP contribution in [-0.4, -0.2) is 20.9 Å². The van der Waals surface area contributed by atoms with Gasteiger partial charge in [-0.25, -0.2) is 12.8 Å². The summed E-state index contributed by atoms with van der Waals surface area (Å²) in [7, 11) is -4.69. The molecular formula is C20H14Cl2F4N2O3S. The Labute approximate surface area is 191 Å². The molecule has 0 aliphatic carbocycles. The van der Waals surface area contributed by atoms with Crippen LogP contribution in [0.4, 0.5) is 17.6 Å². The molecule has 2 rings (SSSR count). The van der Waals surface area contributed by atoms with Crippen LogP contribution in [0, 0.1) is 5.82 Å². The smallest absolute Gasteiger partial charge is 0.287 e. The van der Waals surface area contributed by atoms with E-state index in [0.717, 1.165) is 30.3 Å². The standard InChI is InChI=1S/C20H14Cl2F4N2O3S/c1-11(21)9-17(18(27-2)19(29)13-5-3-4-6-16(13)23)28-32(30,31)12-7-8-15(22)14(10-12)20(24,25)26/h3-10,28H,2H2,1H3/b11-9+,18-17+. The lowest BCUT2D eigenvalue weighted by Gasteiger charge is -2.14. The average molecular weight is 509 g/mol. The maximum atomic E-state index is 14.1. The van der Waals surface area contributed by atoms with E-state index >= 15 is 0 Å². The number of benzene rings is 2. The number of Topliss-reactive ketones (excluding diaryl/α,β-unsaturated/α-hetero) is 1. The number of halogens is 6. The van der Waals surface area contributed by atoms with Gasteiger partial charge in [0.05, 0.1) is 26.7 Å². The summed E-state index contributed by atoms with van der Waals surface area (Å²) in [6.07, 6.45) is -3.93. The van der Waals surface area contributed by atoms with Gasteiger partial charge in [-0.05, 0) is 50.0 Å². The van der Waals surface area contributed by atoms with Gasteiger partial charge in [-0.15, -0.1) is 0 Å². The molecule has 0 bridgehead atoms. The number of carbonyl (C=O) groups is 1. The minimum absolute atomic E-state index is 0.0164. The second kappa shape index (κ2) is 9.85. The van der Waals surface area contributed by atoms with Crippen LogP contribution in [0.2, 0.25) is 5.02 Å². The van der Waals surface area contributed by atoms with Crippen LogP contribution in [0.15, 0.2) is 74.9 Å². The van der Waals surface area contributed by atoms with E-state index in [9.17, 15) is 30.8 Å². The molecule has 0 aromatic heterocycles. The van der Waals surface area contributed by atoms with Crippen LogP contribution in [-0.2, 0) is 16.2 Å². The first-order valence-electron chi connectivity index (χ1n) is 8.51. The van der Waals surface area contributed by atoms with Gasteiger partial charge >= 0.3 is 6.18 Å². The Bertz CT molecular complexity index is 1240. The monoisotopic (exact) mass is 508 g/mol. The number of hydrogen-bond acceptors (Lipinski definition) is 4. The number of ketones is 1. The zero-order valence-electron chi connectivity index (χ0n) is 16.2. The molecule has 12 heteroatoms. The van der Waals surface area contributed by atoms with Crippen molar-refractivity contribution in [2.75, 3.05) is 0 Å². The number of alkyl halides is 3. The summed E-state index contributed by atoms with van der Waals surface area (Å²) in [6.45, 7) is 4.54. The summed E-state index contributed by atoms with van der Waals surface area (Å²) in [5, 5.41) is -0.718. The molecular weight excluding hydrogens is 495 g/mol. The summed E-state index contributed by atoms with van der Waals surface area (Å²) in [5.41, 5.74) is -2.95. The predicted octanol–water partition coefficient (Wildman–Crippen LogP) is 5.71. The van der Waals surface area contributed by atoms with E-state index < -0.39 is 60.2 Å². The number of allylic oxidation sites excluding steroid dienone is 3. The Hall–Kier alpha value is -2.69. The third-order valence-corrected chi connectivity index (χ3v) is 5.69. The second-order valence-corrected chi connectivity index (χ2v) is 8.89. The Morgan fingerprint density at radius 3 is 2.34 bits per heavy atom. The van der Waals surface area contributed by atoms with Gasteiger partial charge in [0.2, 0.25) is 5.78 Å². The molecule has 0 saturated heterocycles. The Kier molecular flexibility index (Phi) is 7.87. The van der Waals surface area contributed by atoms with Gasteiger partial charge in [-0.3, -0.25) is 14.5 Å². The van der Waals surface area contributed by atoms with Crippen molar-refractivity contribution < 1.29 is 30.8 Å². The molecule has 2 aromatic carbocycles. The highest BCUT2D eigenvalue weighted by Gasteiger charge is 2.35. The van der Waals surface area contributed by atoms with Crippen molar-refractivity contribution in [1.82, 2.24) is 4.72 Å². The van der Waals surface area contributed by atoms with Crippen molar-refractivity contribution in [3.8, 4) is 0 Å². The second-order valence-electron chi connectivity index (χ2n) is 6.21. The van der Waals surface area contributed by atoms with E-state index in [1.807, 2.05) is 4.72 Å². The van der Waals surface area contributed by atoms with Crippen LogP contribution in [0.3, 0.4) is 0 Å². The lowest BCUT2D eigenvalue weighted by molar-refractivity contribution is -0.137. The first-order chi connectivity index (χ1) is 14.8. The van der Waals surface area contributed by atoms with Gasteiger partial charge < -0.3 is 0 Å². The molecule has 2 aromatic rings. The summed E-state index contributed by atoms with van der Waals surface area (Å²) in [6, 6.07) is 6.79. The lowest BCUT2D eigenvalue weighted by Crippen LogP contribution is -2.25. The van der Waals surface area contributed by atoms with Crippen LogP contribution in [0.5, 0.6) is 0 Å². The molecule has 0 fully saturated rings. The lowest BCUT2D eigenvalue weighted by atomic mass is 10.1. The van der Waals surface area contributed by atoms with Crippen molar-refractivity contribution >= 4 is 45.7 Å². The van der Waals surface area contributed by atoms with Crippen molar-refractivity contribution in [3.05, 3.63) is 86.9 Å². The maximum absolute atomic E-state index is 14.1. The van der Waals surface area contributed by atoms with Gasteiger partial charge in [0.1, 0.15) is 11.5 Å². The zero-order chi connectivity index (χ0) is 24.3. The fourth-order valence-electron chi connectivity index (χ4n) is 2.49. The van der Waals surface area contributed by atoms with E-state index in [1.54, 1.807) is 0 Å². The fraction of sp³-hybridized carbons (Fsp3) is 0.100. The molecule has 0 aliphatic rings. The molecule has 0 aliphatic heterocycles. The number of nitrogens with one attached hydrogen (secondary N) is 1. The molecule has 32 heavy (non-hydrogen) atoms. The molecule has 5 nitrogen and oxygen atoms in total. The highest BCUT2D eigenvalue weighted by atomic mass is 35.5. The quantitative estimate of drug-likeness (QED) is 0.171. The van der Waals surface area contributed by atoms with Gasteiger partial charge in [-0.2, -0.15) is 13.2 Å². The number of carbonyl (C=O) groups excluding carboxylic acids is 1. The van der Waals surface area contributed by atoms with Gasteiger partial charge in [-0.1, -0.05) is 35.3 Å². The maximum Gasteiger partial charge on any atom is 0.417 e. The van der Waals surface area contributed by atoms with E-state index in [4.69, 9.17) is 23.2 Å². The van der Waals surface area contributed by atoms with E-state index in [2.05, 4.69) is 11.7 Å². The summed E-state index contributed by atoms with van der Waals surface area (Å²) in [5.74, 6) is -1.93. The minimum Gasteiger partial charge on any atom is -0.287 e. The first kappa shape index (κ1) is 25.6. The molecule has 0 heterocycles. The summed E-state index contributed by atoms with van der Waals surface area (Å²) < 4.78 is 81.0. The third-order valence-electron chi connectivity index (χ3n) is 3.89. The van der Waals surface area contributed by atoms with Crippen molar-refractivity contribution in [2.45, 2.75) is 18.0 Å². The normalized spacial score (nSPS) is 13.4. The summed E-state index contributed by atoms with van der Waals surface area (Å²) >= 11 is 11.3. The van der Waals surface area contributed by atoms with Gasteiger partial charge in [0, 0.05) is 5.03 Å². The Morgan fingerprint density at radius 2 is 1.81 bits per heavy atom. The molecule has 1 N–H and O–H groups in total. The number of sulfonamides is 1. The Balaban J connectivity index is 2.64. The van der Waals surface area contributed by atoms with Gasteiger partial charge in [0.15, 0.2) is 0 Å².